The lowest BCUT2D eigenvalue weighted by Crippen LogP contribution is -1.93. The first-order valence-corrected chi connectivity index (χ1v) is 9.25. The van der Waals surface area contributed by atoms with E-state index in [4.69, 9.17) is 10.2 Å². The fraction of sp³-hybridized carbons (Fsp3) is 0.842. The van der Waals surface area contributed by atoms with Gasteiger partial charge in [0.15, 0.2) is 0 Å². The largest absolute Gasteiger partial charge is 0.481 e. The van der Waals surface area contributed by atoms with Crippen molar-refractivity contribution in [2.24, 2.45) is 0 Å². The molecule has 0 fully saturated rings. The third-order valence-corrected chi connectivity index (χ3v) is 3.96. The normalized spacial score (nSPS) is 11.3. The van der Waals surface area contributed by atoms with Gasteiger partial charge in [-0.1, -0.05) is 63.5 Å². The first-order chi connectivity index (χ1) is 10.8. The molecule has 0 aromatic heterocycles. The van der Waals surface area contributed by atoms with Crippen molar-refractivity contribution in [3.8, 4) is 0 Å². The van der Waals surface area contributed by atoms with Crippen LogP contribution in [0.3, 0.4) is 0 Å². The lowest BCUT2D eigenvalue weighted by molar-refractivity contribution is -0.137. The lowest BCUT2D eigenvalue weighted by Gasteiger charge is -2.01. The van der Waals surface area contributed by atoms with Gasteiger partial charge in [-0.2, -0.15) is 0 Å². The number of hydrogen-bond acceptors (Lipinski definition) is 2. The molecular weight excluding hydrogens is 276 g/mol. The van der Waals surface area contributed by atoms with Crippen LogP contribution in [0.15, 0.2) is 12.2 Å². The fourth-order valence-corrected chi connectivity index (χ4v) is 2.56. The average Bonchev–Trinajstić information content (AvgIpc) is 2.50. The molecule has 3 nitrogen and oxygen atoms in total. The van der Waals surface area contributed by atoms with E-state index in [0.29, 0.717) is 13.0 Å². The standard InChI is InChI=1S/C19H36O3/c20-18-16-14-12-10-8-6-4-2-1-3-5-7-9-11-13-15-17-19(21)22/h5,7,20H,1-4,6,8-18H2,(H,21,22)/b7-5+. The van der Waals surface area contributed by atoms with E-state index in [9.17, 15) is 4.79 Å². The van der Waals surface area contributed by atoms with Crippen molar-refractivity contribution < 1.29 is 15.0 Å². The molecule has 0 aromatic rings. The van der Waals surface area contributed by atoms with Crippen LogP contribution in [0.25, 0.3) is 0 Å². The Hall–Kier alpha value is -0.830. The summed E-state index contributed by atoms with van der Waals surface area (Å²) in [5.41, 5.74) is 0. The molecule has 0 saturated heterocycles. The maximum atomic E-state index is 10.3. The third-order valence-electron chi connectivity index (χ3n) is 3.96. The van der Waals surface area contributed by atoms with Gasteiger partial charge < -0.3 is 10.2 Å². The Morgan fingerprint density at radius 1 is 0.636 bits per heavy atom. The molecule has 0 rings (SSSR count). The Balaban J connectivity index is 3.06. The van der Waals surface area contributed by atoms with Crippen LogP contribution in [0.1, 0.15) is 96.3 Å². The Labute approximate surface area is 136 Å². The van der Waals surface area contributed by atoms with Gasteiger partial charge in [0.25, 0.3) is 0 Å². The number of aliphatic carboxylic acids is 1. The van der Waals surface area contributed by atoms with Gasteiger partial charge in [0, 0.05) is 13.0 Å². The smallest absolute Gasteiger partial charge is 0.303 e. The van der Waals surface area contributed by atoms with Gasteiger partial charge in [-0.25, -0.2) is 0 Å². The van der Waals surface area contributed by atoms with Crippen molar-refractivity contribution in [3.63, 3.8) is 0 Å². The topological polar surface area (TPSA) is 57.5 Å². The first kappa shape index (κ1) is 21.2. The monoisotopic (exact) mass is 312 g/mol. The number of unbranched alkanes of at least 4 members (excludes halogenated alkanes) is 12. The molecule has 0 atom stereocenters. The molecule has 3 heteroatoms. The second kappa shape index (κ2) is 18.2. The van der Waals surface area contributed by atoms with Gasteiger partial charge in [-0.3, -0.25) is 4.79 Å². The SMILES string of the molecule is O=C(O)CCCCC/C=C/CCCCCCCCCCCO. The zero-order valence-electron chi connectivity index (χ0n) is 14.3. The van der Waals surface area contributed by atoms with Gasteiger partial charge in [0.1, 0.15) is 0 Å². The second-order valence-corrected chi connectivity index (χ2v) is 6.16. The van der Waals surface area contributed by atoms with Crippen LogP contribution >= 0.6 is 0 Å². The minimum atomic E-state index is -0.680. The first-order valence-electron chi connectivity index (χ1n) is 9.25. The Kier molecular flexibility index (Phi) is 17.5. The second-order valence-electron chi connectivity index (χ2n) is 6.16. The van der Waals surface area contributed by atoms with Crippen molar-refractivity contribution in [2.75, 3.05) is 6.61 Å². The van der Waals surface area contributed by atoms with E-state index >= 15 is 0 Å². The van der Waals surface area contributed by atoms with Crippen LogP contribution in [0.2, 0.25) is 0 Å². The molecular formula is C19H36O3. The summed E-state index contributed by atoms with van der Waals surface area (Å²) in [7, 11) is 0. The van der Waals surface area contributed by atoms with Gasteiger partial charge in [-0.15, -0.1) is 0 Å². The van der Waals surface area contributed by atoms with Crippen molar-refractivity contribution in [1.29, 1.82) is 0 Å². The quantitative estimate of drug-likeness (QED) is 0.276. The molecule has 0 aliphatic carbocycles. The number of carboxylic acids is 1. The highest BCUT2D eigenvalue weighted by molar-refractivity contribution is 5.66. The predicted molar refractivity (Wildman–Crippen MR) is 93.1 cm³/mol. The maximum Gasteiger partial charge on any atom is 0.303 e. The zero-order valence-corrected chi connectivity index (χ0v) is 14.3. The number of carbonyl (C=O) groups is 1. The molecule has 0 aliphatic heterocycles. The molecule has 0 aromatic carbocycles. The summed E-state index contributed by atoms with van der Waals surface area (Å²) in [4.78, 5) is 10.3. The number of allylic oxidation sites excluding steroid dienone is 2. The van der Waals surface area contributed by atoms with E-state index in [0.717, 1.165) is 32.1 Å². The van der Waals surface area contributed by atoms with Gasteiger partial charge in [-0.05, 0) is 38.5 Å². The molecule has 0 radical (unpaired) electrons. The van der Waals surface area contributed by atoms with E-state index in [1.54, 1.807) is 0 Å². The molecule has 0 aliphatic rings. The summed E-state index contributed by atoms with van der Waals surface area (Å²) >= 11 is 0. The number of carboxylic acid groups (broad SMARTS) is 1. The highest BCUT2D eigenvalue weighted by Gasteiger charge is 1.95. The molecule has 0 heterocycles. The summed E-state index contributed by atoms with van der Waals surface area (Å²) < 4.78 is 0. The molecule has 0 amide bonds. The van der Waals surface area contributed by atoms with Crippen molar-refractivity contribution in [2.45, 2.75) is 96.3 Å². The van der Waals surface area contributed by atoms with Crippen molar-refractivity contribution in [1.82, 2.24) is 0 Å². The van der Waals surface area contributed by atoms with Crippen LogP contribution in [0, 0.1) is 0 Å². The highest BCUT2D eigenvalue weighted by Crippen LogP contribution is 2.11. The van der Waals surface area contributed by atoms with E-state index < -0.39 is 5.97 Å². The summed E-state index contributed by atoms with van der Waals surface area (Å²) in [5, 5.41) is 17.2. The van der Waals surface area contributed by atoms with Gasteiger partial charge in [0.2, 0.25) is 0 Å². The average molecular weight is 312 g/mol. The molecule has 0 spiro atoms. The molecule has 0 bridgehead atoms. The van der Waals surface area contributed by atoms with Crippen LogP contribution in [0.5, 0.6) is 0 Å². The maximum absolute atomic E-state index is 10.3. The Morgan fingerprint density at radius 2 is 1.05 bits per heavy atom. The molecule has 2 N–H and O–H groups in total. The fourth-order valence-electron chi connectivity index (χ4n) is 2.56. The lowest BCUT2D eigenvalue weighted by atomic mass is 10.1. The number of aliphatic hydroxyl groups excluding tert-OH is 1. The van der Waals surface area contributed by atoms with Crippen molar-refractivity contribution in [3.05, 3.63) is 12.2 Å². The number of rotatable bonds is 17. The van der Waals surface area contributed by atoms with Crippen LogP contribution in [0.4, 0.5) is 0 Å². The summed E-state index contributed by atoms with van der Waals surface area (Å²) in [6.45, 7) is 0.343. The Morgan fingerprint density at radius 3 is 1.50 bits per heavy atom. The van der Waals surface area contributed by atoms with Gasteiger partial charge >= 0.3 is 5.97 Å². The molecule has 0 unspecified atom stereocenters. The van der Waals surface area contributed by atoms with E-state index in [1.165, 1.54) is 57.8 Å². The van der Waals surface area contributed by atoms with Crippen LogP contribution in [-0.4, -0.2) is 22.8 Å². The van der Waals surface area contributed by atoms with E-state index in [-0.39, 0.29) is 0 Å². The number of aliphatic hydroxyl groups is 1. The minimum Gasteiger partial charge on any atom is -0.481 e. The summed E-state index contributed by atoms with van der Waals surface area (Å²) in [6.07, 6.45) is 21.5. The predicted octanol–water partition coefficient (Wildman–Crippen LogP) is 5.47. The van der Waals surface area contributed by atoms with Crippen LogP contribution in [-0.2, 0) is 4.79 Å². The summed E-state index contributed by atoms with van der Waals surface area (Å²) in [5.74, 6) is -0.680. The molecule has 0 saturated carbocycles. The van der Waals surface area contributed by atoms with E-state index in [1.807, 2.05) is 0 Å². The minimum absolute atomic E-state index is 0.311. The highest BCUT2D eigenvalue weighted by atomic mass is 16.4. The van der Waals surface area contributed by atoms with Gasteiger partial charge in [0.05, 0.1) is 0 Å². The van der Waals surface area contributed by atoms with E-state index in [2.05, 4.69) is 12.2 Å². The molecule has 130 valence electrons. The van der Waals surface area contributed by atoms with Crippen LogP contribution < -0.4 is 0 Å². The molecule has 22 heavy (non-hydrogen) atoms. The zero-order chi connectivity index (χ0) is 16.3. The van der Waals surface area contributed by atoms with Crippen molar-refractivity contribution >= 4 is 5.97 Å². The Bertz CT molecular complexity index is 261. The third kappa shape index (κ3) is 19.2. The number of hydrogen-bond donors (Lipinski definition) is 2. The summed E-state index contributed by atoms with van der Waals surface area (Å²) in [6, 6.07) is 0.